The molecule has 2 bridgehead atoms. The van der Waals surface area contributed by atoms with E-state index in [2.05, 4.69) is 12.2 Å². The Bertz CT molecular complexity index is 888. The molecule has 2 aliphatic carbocycles. The van der Waals surface area contributed by atoms with Gasteiger partial charge in [-0.2, -0.15) is 0 Å². The Hall–Kier alpha value is -2.69. The zero-order valence-corrected chi connectivity index (χ0v) is 16.0. The van der Waals surface area contributed by atoms with Crippen molar-refractivity contribution in [2.75, 3.05) is 11.5 Å². The number of rotatable bonds is 4. The summed E-state index contributed by atoms with van der Waals surface area (Å²) in [5.74, 6) is -0.764. The molecule has 5 nitrogen and oxygen atoms in total. The van der Waals surface area contributed by atoms with Gasteiger partial charge < -0.3 is 4.74 Å². The van der Waals surface area contributed by atoms with Crippen LogP contribution in [-0.4, -0.2) is 24.2 Å². The fourth-order valence-corrected chi connectivity index (χ4v) is 4.86. The van der Waals surface area contributed by atoms with Gasteiger partial charge in [0.1, 0.15) is 5.75 Å². The van der Waals surface area contributed by atoms with Gasteiger partial charge in [0.15, 0.2) is 5.78 Å². The number of imide groups is 1. The third kappa shape index (κ3) is 2.41. The molecule has 2 amide bonds. The molecule has 0 radical (unpaired) electrons. The van der Waals surface area contributed by atoms with E-state index in [1.807, 2.05) is 20.8 Å². The molecule has 1 saturated carbocycles. The first-order chi connectivity index (χ1) is 12.9. The van der Waals surface area contributed by atoms with E-state index in [-0.39, 0.29) is 41.3 Å². The summed E-state index contributed by atoms with van der Waals surface area (Å²) >= 11 is 0. The molecule has 140 valence electrons. The summed E-state index contributed by atoms with van der Waals surface area (Å²) in [6.07, 6.45) is 4.14. The Morgan fingerprint density at radius 2 is 1.63 bits per heavy atom. The lowest BCUT2D eigenvalue weighted by atomic mass is 9.85. The fourth-order valence-electron chi connectivity index (χ4n) is 4.86. The zero-order valence-electron chi connectivity index (χ0n) is 16.0. The van der Waals surface area contributed by atoms with Crippen LogP contribution in [0, 0.1) is 23.7 Å². The number of ether oxygens (including phenoxy) is 1. The van der Waals surface area contributed by atoms with Gasteiger partial charge in [-0.25, -0.2) is 4.90 Å². The Balaban J connectivity index is 1.79. The molecular weight excluding hydrogens is 342 g/mol. The molecule has 1 saturated heterocycles. The summed E-state index contributed by atoms with van der Waals surface area (Å²) in [5, 5.41) is 0. The molecule has 1 heterocycles. The number of anilines is 1. The summed E-state index contributed by atoms with van der Waals surface area (Å²) in [4.78, 5) is 39.7. The highest BCUT2D eigenvalue weighted by molar-refractivity contribution is 6.24. The average Bonchev–Trinajstić information content (AvgIpc) is 3.26. The maximum atomic E-state index is 13.3. The average molecular weight is 365 g/mol. The van der Waals surface area contributed by atoms with E-state index in [0.29, 0.717) is 23.6 Å². The summed E-state index contributed by atoms with van der Waals surface area (Å²) in [6, 6.07) is 4.93. The van der Waals surface area contributed by atoms with Crippen molar-refractivity contribution >= 4 is 23.3 Å². The van der Waals surface area contributed by atoms with E-state index in [0.717, 1.165) is 0 Å². The molecule has 1 aromatic carbocycles. The lowest BCUT2D eigenvalue weighted by molar-refractivity contribution is -0.123. The lowest BCUT2D eigenvalue weighted by Gasteiger charge is -2.22. The molecule has 3 aliphatic rings. The first-order valence-electron chi connectivity index (χ1n) is 9.38. The first kappa shape index (κ1) is 17.7. The van der Waals surface area contributed by atoms with Gasteiger partial charge in [0.05, 0.1) is 24.1 Å². The smallest absolute Gasteiger partial charge is 0.238 e. The largest absolute Gasteiger partial charge is 0.492 e. The highest BCUT2D eigenvalue weighted by Gasteiger charge is 2.62. The van der Waals surface area contributed by atoms with Gasteiger partial charge in [0, 0.05) is 17.4 Å². The van der Waals surface area contributed by atoms with Crippen molar-refractivity contribution in [1.29, 1.82) is 0 Å². The van der Waals surface area contributed by atoms with Crippen molar-refractivity contribution in [3.63, 3.8) is 0 Å². The van der Waals surface area contributed by atoms with Crippen molar-refractivity contribution in [2.45, 2.75) is 27.7 Å². The molecule has 5 heteroatoms. The Labute approximate surface area is 158 Å². The third-order valence-electron chi connectivity index (χ3n) is 5.90. The Morgan fingerprint density at radius 1 is 1.04 bits per heavy atom. The van der Waals surface area contributed by atoms with Crippen LogP contribution in [0.2, 0.25) is 0 Å². The number of benzene rings is 1. The second kappa shape index (κ2) is 6.19. The normalized spacial score (nSPS) is 28.1. The van der Waals surface area contributed by atoms with Gasteiger partial charge in [-0.05, 0) is 45.9 Å². The van der Waals surface area contributed by atoms with E-state index in [1.54, 1.807) is 18.2 Å². The molecular formula is C22H23NO4. The number of amides is 2. The highest BCUT2D eigenvalue weighted by Crippen LogP contribution is 2.57. The summed E-state index contributed by atoms with van der Waals surface area (Å²) in [6.45, 7) is 7.80. The van der Waals surface area contributed by atoms with E-state index < -0.39 is 0 Å². The van der Waals surface area contributed by atoms with Gasteiger partial charge in [-0.3, -0.25) is 14.4 Å². The fraction of sp³-hybridized carbons (Fsp3) is 0.409. The first-order valence-corrected chi connectivity index (χ1v) is 9.38. The van der Waals surface area contributed by atoms with Crippen molar-refractivity contribution in [3.05, 3.63) is 47.1 Å². The lowest BCUT2D eigenvalue weighted by Crippen LogP contribution is -2.33. The predicted molar refractivity (Wildman–Crippen MR) is 102 cm³/mol. The number of Topliss-reactive ketones (excluding diaryl/α,β-unsaturated/α-hetero) is 1. The second-order valence-corrected chi connectivity index (χ2v) is 7.63. The van der Waals surface area contributed by atoms with Crippen molar-refractivity contribution in [1.82, 2.24) is 0 Å². The Kier molecular flexibility index (Phi) is 4.06. The third-order valence-corrected chi connectivity index (χ3v) is 5.90. The number of hydrogen-bond donors (Lipinski definition) is 0. The van der Waals surface area contributed by atoms with Crippen LogP contribution in [0.3, 0.4) is 0 Å². The zero-order chi connectivity index (χ0) is 19.5. The van der Waals surface area contributed by atoms with Gasteiger partial charge >= 0.3 is 0 Å². The number of hydrogen-bond acceptors (Lipinski definition) is 4. The van der Waals surface area contributed by atoms with Crippen molar-refractivity contribution in [2.24, 2.45) is 23.7 Å². The monoisotopic (exact) mass is 365 g/mol. The van der Waals surface area contributed by atoms with Crippen LogP contribution in [0.15, 0.2) is 41.5 Å². The molecule has 0 unspecified atom stereocenters. The maximum absolute atomic E-state index is 13.3. The topological polar surface area (TPSA) is 63.7 Å². The maximum Gasteiger partial charge on any atom is 0.238 e. The van der Waals surface area contributed by atoms with E-state index in [9.17, 15) is 14.4 Å². The molecule has 4 rings (SSSR count). The summed E-state index contributed by atoms with van der Waals surface area (Å²) in [5.41, 5.74) is 3.24. The molecule has 0 aromatic heterocycles. The van der Waals surface area contributed by atoms with Gasteiger partial charge in [-0.15, -0.1) is 0 Å². The van der Waals surface area contributed by atoms with Crippen LogP contribution in [-0.2, 0) is 9.59 Å². The Morgan fingerprint density at radius 3 is 2.11 bits per heavy atom. The van der Waals surface area contributed by atoms with Gasteiger partial charge in [0.2, 0.25) is 11.8 Å². The molecule has 0 N–H and O–H groups in total. The van der Waals surface area contributed by atoms with Crippen LogP contribution in [0.25, 0.3) is 0 Å². The van der Waals surface area contributed by atoms with Gasteiger partial charge in [-0.1, -0.05) is 23.3 Å². The van der Waals surface area contributed by atoms with Gasteiger partial charge in [0.25, 0.3) is 0 Å². The molecule has 0 spiro atoms. The van der Waals surface area contributed by atoms with E-state index >= 15 is 0 Å². The molecule has 2 fully saturated rings. The number of nitrogens with zero attached hydrogens (tertiary/aromatic N) is 1. The minimum absolute atomic E-state index is 0.00187. The summed E-state index contributed by atoms with van der Waals surface area (Å²) in [7, 11) is 0. The van der Waals surface area contributed by atoms with Crippen LogP contribution in [0.4, 0.5) is 5.69 Å². The number of fused-ring (bicyclic) bond motifs is 5. The van der Waals surface area contributed by atoms with Crippen molar-refractivity contribution in [3.8, 4) is 5.75 Å². The van der Waals surface area contributed by atoms with Crippen molar-refractivity contribution < 1.29 is 19.1 Å². The SMILES string of the molecule is CCOc1ccc(C(C)=O)cc1N1C(=O)[C@@H]2[C@H](C1=O)[C@@H]1C=C[C@@H]2C1=C(C)C. The minimum atomic E-state index is -0.354. The molecule has 1 aromatic rings. The van der Waals surface area contributed by atoms with E-state index in [1.165, 1.54) is 23.0 Å². The number of carbonyl (C=O) groups is 3. The number of ketones is 1. The highest BCUT2D eigenvalue weighted by atomic mass is 16.5. The number of allylic oxidation sites excluding steroid dienone is 4. The predicted octanol–water partition coefficient (Wildman–Crippen LogP) is 3.55. The molecule has 27 heavy (non-hydrogen) atoms. The second-order valence-electron chi connectivity index (χ2n) is 7.63. The van der Waals surface area contributed by atoms with Crippen LogP contribution in [0.5, 0.6) is 5.75 Å². The van der Waals surface area contributed by atoms with E-state index in [4.69, 9.17) is 4.74 Å². The van der Waals surface area contributed by atoms with Crippen LogP contribution >= 0.6 is 0 Å². The minimum Gasteiger partial charge on any atom is -0.492 e. The standard InChI is InChI=1S/C22H23NO4/c1-5-27-17-9-6-13(12(4)24)10-16(17)23-21(25)19-14-7-8-15(18(14)11(2)3)20(19)22(23)26/h6-10,14-15,19-20H,5H2,1-4H3/t14-,15-,19-,20+/m1/s1. The molecule has 4 atom stereocenters. The summed E-state index contributed by atoms with van der Waals surface area (Å²) < 4.78 is 5.65. The molecule has 1 aliphatic heterocycles. The number of carbonyl (C=O) groups excluding carboxylic acids is 3. The quantitative estimate of drug-likeness (QED) is 0.465. The van der Waals surface area contributed by atoms with Crippen LogP contribution < -0.4 is 9.64 Å². The van der Waals surface area contributed by atoms with Crippen LogP contribution in [0.1, 0.15) is 38.1 Å².